The van der Waals surface area contributed by atoms with Gasteiger partial charge in [-0.15, -0.1) is 0 Å². The van der Waals surface area contributed by atoms with Gasteiger partial charge >= 0.3 is 11.9 Å². The van der Waals surface area contributed by atoms with E-state index in [-0.39, 0.29) is 0 Å². The van der Waals surface area contributed by atoms with E-state index >= 15 is 0 Å². The Kier molecular flexibility index (Phi) is 7.47. The van der Waals surface area contributed by atoms with Crippen LogP contribution >= 0.6 is 0 Å². The minimum Gasteiger partial charge on any atom is -0.478 e. The molecule has 0 amide bonds. The molecule has 0 spiro atoms. The second-order valence-corrected chi connectivity index (χ2v) is 4.13. The van der Waals surface area contributed by atoms with Gasteiger partial charge in [0, 0.05) is 12.2 Å². The summed E-state index contributed by atoms with van der Waals surface area (Å²) in [4.78, 5) is 20.6. The fourth-order valence-electron chi connectivity index (χ4n) is 1.54. The summed E-state index contributed by atoms with van der Waals surface area (Å²) in [5, 5.41) is 16.9. The smallest absolute Gasteiger partial charge is 0.328 e. The molecule has 4 nitrogen and oxygen atoms in total. The first-order chi connectivity index (χ1) is 10.6. The molecular weight excluding hydrogens is 280 g/mol. The van der Waals surface area contributed by atoms with Crippen LogP contribution in [0, 0.1) is 0 Å². The zero-order chi connectivity index (χ0) is 16.2. The molecule has 0 heterocycles. The number of allylic oxidation sites excluding steroid dienone is 6. The van der Waals surface area contributed by atoms with E-state index in [0.29, 0.717) is 0 Å². The lowest BCUT2D eigenvalue weighted by molar-refractivity contribution is -0.132. The molecule has 1 aromatic carbocycles. The van der Waals surface area contributed by atoms with Gasteiger partial charge in [-0.05, 0) is 11.1 Å². The SMILES string of the molecule is O=C(O)/C=C/C=C/C=C\c1ccccc1/C=C/C=C/C(=O)O. The summed E-state index contributed by atoms with van der Waals surface area (Å²) < 4.78 is 0. The summed E-state index contributed by atoms with van der Waals surface area (Å²) >= 11 is 0. The Bertz CT molecular complexity index is 661. The minimum atomic E-state index is -0.989. The number of hydrogen-bond acceptors (Lipinski definition) is 2. The third-order valence-electron chi connectivity index (χ3n) is 2.47. The standard InChI is InChI=1S/C18H16O4/c19-17(20)13-4-2-1-3-9-15-10-5-6-11-16(15)12-7-8-14-18(21)22/h1-14H,(H,19,20)(H,21,22)/b2-1+,9-3-,12-7+,13-4+,14-8+. The molecule has 2 N–H and O–H groups in total. The van der Waals surface area contributed by atoms with Crippen LogP contribution in [0.25, 0.3) is 12.2 Å². The zero-order valence-electron chi connectivity index (χ0n) is 11.8. The summed E-state index contributed by atoms with van der Waals surface area (Å²) in [6.07, 6.45) is 15.5. The van der Waals surface area contributed by atoms with E-state index in [9.17, 15) is 9.59 Å². The Morgan fingerprint density at radius 1 is 0.682 bits per heavy atom. The van der Waals surface area contributed by atoms with Gasteiger partial charge in [0.05, 0.1) is 0 Å². The van der Waals surface area contributed by atoms with Crippen LogP contribution < -0.4 is 0 Å². The molecule has 0 bridgehead atoms. The Labute approximate surface area is 128 Å². The van der Waals surface area contributed by atoms with Crippen molar-refractivity contribution in [3.05, 3.63) is 84.0 Å². The first-order valence-electron chi connectivity index (χ1n) is 6.50. The summed E-state index contributed by atoms with van der Waals surface area (Å²) in [7, 11) is 0. The van der Waals surface area contributed by atoms with E-state index < -0.39 is 11.9 Å². The maximum absolute atomic E-state index is 10.4. The van der Waals surface area contributed by atoms with E-state index in [2.05, 4.69) is 0 Å². The van der Waals surface area contributed by atoms with Gasteiger partial charge in [0.15, 0.2) is 0 Å². The van der Waals surface area contributed by atoms with Gasteiger partial charge in [-0.3, -0.25) is 0 Å². The van der Waals surface area contributed by atoms with Crippen molar-refractivity contribution in [2.45, 2.75) is 0 Å². The fraction of sp³-hybridized carbons (Fsp3) is 0. The van der Waals surface area contributed by atoms with Gasteiger partial charge < -0.3 is 10.2 Å². The van der Waals surface area contributed by atoms with Crippen LogP contribution in [0.5, 0.6) is 0 Å². The molecule has 0 atom stereocenters. The van der Waals surface area contributed by atoms with Crippen molar-refractivity contribution in [3.8, 4) is 0 Å². The molecule has 112 valence electrons. The number of benzene rings is 1. The number of rotatable bonds is 7. The van der Waals surface area contributed by atoms with Crippen LogP contribution in [-0.2, 0) is 9.59 Å². The van der Waals surface area contributed by atoms with Gasteiger partial charge in [-0.1, -0.05) is 72.9 Å². The average molecular weight is 296 g/mol. The second kappa shape index (κ2) is 9.72. The molecule has 0 aliphatic heterocycles. The molecule has 4 heteroatoms. The van der Waals surface area contributed by atoms with E-state index in [1.165, 1.54) is 12.2 Å². The third kappa shape index (κ3) is 7.45. The Hall–Kier alpha value is -3.14. The zero-order valence-corrected chi connectivity index (χ0v) is 11.8. The van der Waals surface area contributed by atoms with Crippen LogP contribution in [0.2, 0.25) is 0 Å². The summed E-state index contributed by atoms with van der Waals surface area (Å²) in [5.41, 5.74) is 1.91. The second-order valence-electron chi connectivity index (χ2n) is 4.13. The van der Waals surface area contributed by atoms with Gasteiger partial charge in [-0.2, -0.15) is 0 Å². The molecule has 1 rings (SSSR count). The summed E-state index contributed by atoms with van der Waals surface area (Å²) in [5.74, 6) is -1.98. The van der Waals surface area contributed by atoms with E-state index in [4.69, 9.17) is 10.2 Å². The van der Waals surface area contributed by atoms with Crippen LogP contribution in [0.3, 0.4) is 0 Å². The highest BCUT2D eigenvalue weighted by molar-refractivity contribution is 5.80. The highest BCUT2D eigenvalue weighted by Gasteiger charge is 1.92. The molecule has 0 saturated carbocycles. The normalized spacial score (nSPS) is 12.4. The number of hydrogen-bond donors (Lipinski definition) is 2. The van der Waals surface area contributed by atoms with E-state index in [1.807, 2.05) is 36.4 Å². The topological polar surface area (TPSA) is 74.6 Å². The molecular formula is C18H16O4. The molecule has 0 aliphatic carbocycles. The maximum atomic E-state index is 10.4. The molecule has 22 heavy (non-hydrogen) atoms. The number of carboxylic acid groups (broad SMARTS) is 2. The molecule has 0 aliphatic rings. The third-order valence-corrected chi connectivity index (χ3v) is 2.47. The lowest BCUT2D eigenvalue weighted by atomic mass is 10.1. The number of carboxylic acids is 2. The Balaban J connectivity index is 2.75. The van der Waals surface area contributed by atoms with Gasteiger partial charge in [-0.25, -0.2) is 9.59 Å². The van der Waals surface area contributed by atoms with Crippen molar-refractivity contribution in [1.82, 2.24) is 0 Å². The maximum Gasteiger partial charge on any atom is 0.328 e. The van der Waals surface area contributed by atoms with Crippen molar-refractivity contribution in [2.24, 2.45) is 0 Å². The van der Waals surface area contributed by atoms with Gasteiger partial charge in [0.25, 0.3) is 0 Å². The van der Waals surface area contributed by atoms with E-state index in [1.54, 1.807) is 24.3 Å². The highest BCUT2D eigenvalue weighted by Crippen LogP contribution is 2.12. The minimum absolute atomic E-state index is 0.947. The molecule has 1 aromatic rings. The molecule has 0 unspecified atom stereocenters. The predicted molar refractivity (Wildman–Crippen MR) is 87.2 cm³/mol. The van der Waals surface area contributed by atoms with Crippen LogP contribution in [0.4, 0.5) is 0 Å². The summed E-state index contributed by atoms with van der Waals surface area (Å²) in [6.45, 7) is 0. The molecule has 0 fully saturated rings. The van der Waals surface area contributed by atoms with Crippen LogP contribution in [0.15, 0.2) is 72.9 Å². The highest BCUT2D eigenvalue weighted by atomic mass is 16.4. The van der Waals surface area contributed by atoms with Crippen molar-refractivity contribution < 1.29 is 19.8 Å². The molecule has 0 saturated heterocycles. The molecule has 0 radical (unpaired) electrons. The number of carbonyl (C=O) groups is 2. The van der Waals surface area contributed by atoms with Gasteiger partial charge in [0.2, 0.25) is 0 Å². The quantitative estimate of drug-likeness (QED) is 0.596. The Morgan fingerprint density at radius 3 is 1.59 bits per heavy atom. The van der Waals surface area contributed by atoms with Crippen molar-refractivity contribution in [2.75, 3.05) is 0 Å². The van der Waals surface area contributed by atoms with Crippen LogP contribution in [-0.4, -0.2) is 22.2 Å². The molecule has 0 aromatic heterocycles. The first kappa shape index (κ1) is 16.9. The van der Waals surface area contributed by atoms with Crippen molar-refractivity contribution in [3.63, 3.8) is 0 Å². The Morgan fingerprint density at radius 2 is 1.09 bits per heavy atom. The van der Waals surface area contributed by atoms with Crippen LogP contribution in [0.1, 0.15) is 11.1 Å². The monoisotopic (exact) mass is 296 g/mol. The average Bonchev–Trinajstić information content (AvgIpc) is 2.48. The lowest BCUT2D eigenvalue weighted by Gasteiger charge is -1.98. The van der Waals surface area contributed by atoms with Crippen molar-refractivity contribution in [1.29, 1.82) is 0 Å². The number of aliphatic carboxylic acids is 2. The largest absolute Gasteiger partial charge is 0.478 e. The fourth-order valence-corrected chi connectivity index (χ4v) is 1.54. The predicted octanol–water partition coefficient (Wildman–Crippen LogP) is 3.55. The van der Waals surface area contributed by atoms with Crippen molar-refractivity contribution >= 4 is 24.1 Å². The first-order valence-corrected chi connectivity index (χ1v) is 6.50. The lowest BCUT2D eigenvalue weighted by Crippen LogP contribution is -1.84. The van der Waals surface area contributed by atoms with Gasteiger partial charge in [0.1, 0.15) is 0 Å². The summed E-state index contributed by atoms with van der Waals surface area (Å²) in [6, 6.07) is 7.64. The van der Waals surface area contributed by atoms with E-state index in [0.717, 1.165) is 23.3 Å².